The summed E-state index contributed by atoms with van der Waals surface area (Å²) in [5, 5.41) is 23.9. The molecule has 0 bridgehead atoms. The Balaban J connectivity index is 2.09. The minimum Gasteiger partial charge on any atom is -0.502 e. The van der Waals surface area contributed by atoms with E-state index in [1.807, 2.05) is 0 Å². The second kappa shape index (κ2) is 7.96. The zero-order valence-corrected chi connectivity index (χ0v) is 14.5. The number of carbonyl (C=O) groups is 1. The smallest absolute Gasteiger partial charge is 0.312 e. The second-order valence-electron chi connectivity index (χ2n) is 5.05. The van der Waals surface area contributed by atoms with Crippen LogP contribution >= 0.6 is 23.2 Å². The zero-order chi connectivity index (χ0) is 18.6. The molecule has 0 saturated carbocycles. The Kier molecular flexibility index (Phi) is 5.95. The Morgan fingerprint density at radius 2 is 2.12 bits per heavy atom. The summed E-state index contributed by atoms with van der Waals surface area (Å²) in [6.07, 6.45) is 1.15. The average molecular weight is 382 g/mol. The number of nitrogens with one attached hydrogen (secondary N) is 1. The number of phenolic OH excluding ortho intramolecular Hbond substituents is 1. The summed E-state index contributed by atoms with van der Waals surface area (Å²) in [6, 6.07) is 7.46. The fourth-order valence-electron chi connectivity index (χ4n) is 2.00. The first-order valence-electron chi connectivity index (χ1n) is 7.01. The van der Waals surface area contributed by atoms with Crippen LogP contribution in [0.15, 0.2) is 35.3 Å². The number of phenols is 1. The van der Waals surface area contributed by atoms with Gasteiger partial charge < -0.3 is 10.4 Å². The van der Waals surface area contributed by atoms with Crippen LogP contribution in [0.1, 0.15) is 11.1 Å². The van der Waals surface area contributed by atoms with E-state index >= 15 is 0 Å². The van der Waals surface area contributed by atoms with E-state index in [1.54, 1.807) is 25.1 Å². The summed E-state index contributed by atoms with van der Waals surface area (Å²) in [7, 11) is 0. The topological polar surface area (TPSA) is 105 Å². The number of benzene rings is 2. The molecule has 0 atom stereocenters. The summed E-state index contributed by atoms with van der Waals surface area (Å²) in [5.41, 5.74) is 0.803. The highest BCUT2D eigenvalue weighted by atomic mass is 35.5. The number of nitro groups is 1. The van der Waals surface area contributed by atoms with Gasteiger partial charge in [-0.25, -0.2) is 0 Å². The maximum absolute atomic E-state index is 11.9. The van der Waals surface area contributed by atoms with Crippen molar-refractivity contribution in [2.24, 2.45) is 4.99 Å². The molecule has 0 spiro atoms. The Morgan fingerprint density at radius 1 is 1.40 bits per heavy atom. The predicted molar refractivity (Wildman–Crippen MR) is 97.1 cm³/mol. The molecular formula is C16H13Cl2N3O4. The van der Waals surface area contributed by atoms with E-state index in [9.17, 15) is 20.0 Å². The van der Waals surface area contributed by atoms with Gasteiger partial charge in [0.15, 0.2) is 0 Å². The maximum atomic E-state index is 11.9. The van der Waals surface area contributed by atoms with Crippen LogP contribution in [0.3, 0.4) is 0 Å². The van der Waals surface area contributed by atoms with Gasteiger partial charge in [-0.3, -0.25) is 19.9 Å². The van der Waals surface area contributed by atoms with Crippen LogP contribution in [0, 0.1) is 17.0 Å². The van der Waals surface area contributed by atoms with Gasteiger partial charge in [0, 0.05) is 33.6 Å². The van der Waals surface area contributed by atoms with Crippen LogP contribution in [0.4, 0.5) is 11.4 Å². The Bertz CT molecular complexity index is 869. The quantitative estimate of drug-likeness (QED) is 0.464. The maximum Gasteiger partial charge on any atom is 0.312 e. The summed E-state index contributed by atoms with van der Waals surface area (Å²) in [5.74, 6) is -0.970. The second-order valence-corrected chi connectivity index (χ2v) is 5.89. The van der Waals surface area contributed by atoms with Gasteiger partial charge in [0.1, 0.15) is 6.54 Å². The lowest BCUT2D eigenvalue weighted by Crippen LogP contribution is -2.15. The number of hydrogen-bond acceptors (Lipinski definition) is 5. The van der Waals surface area contributed by atoms with Gasteiger partial charge in [-0.15, -0.1) is 0 Å². The Labute approximate surface area is 153 Å². The molecule has 0 aromatic heterocycles. The highest BCUT2D eigenvalue weighted by Crippen LogP contribution is 2.32. The first kappa shape index (κ1) is 18.7. The van der Waals surface area contributed by atoms with Crippen molar-refractivity contribution in [3.05, 3.63) is 61.6 Å². The molecular weight excluding hydrogens is 369 g/mol. The van der Waals surface area contributed by atoms with Gasteiger partial charge in [0.25, 0.3) is 0 Å². The van der Waals surface area contributed by atoms with Crippen molar-refractivity contribution in [2.75, 3.05) is 11.9 Å². The van der Waals surface area contributed by atoms with Gasteiger partial charge in [0.05, 0.1) is 4.92 Å². The number of aliphatic imine (C=N–C) groups is 1. The number of aromatic hydroxyl groups is 1. The SMILES string of the molecule is Cc1c(Cl)cccc1NC(=O)CN=Cc1cc(Cl)cc([N+](=O)[O-])c1O. The molecule has 0 radical (unpaired) electrons. The molecule has 2 aromatic rings. The standard InChI is InChI=1S/C16H13Cl2N3O4/c1-9-12(18)3-2-4-13(9)20-15(22)8-19-7-10-5-11(17)6-14(16(10)23)21(24)25/h2-7,23H,8H2,1H3,(H,20,22). The Morgan fingerprint density at radius 3 is 2.80 bits per heavy atom. The fraction of sp³-hybridized carbons (Fsp3) is 0.125. The van der Waals surface area contributed by atoms with Gasteiger partial charge in [-0.2, -0.15) is 0 Å². The predicted octanol–water partition coefficient (Wildman–Crippen LogP) is 3.97. The van der Waals surface area contributed by atoms with Gasteiger partial charge in [-0.05, 0) is 30.7 Å². The monoisotopic (exact) mass is 381 g/mol. The van der Waals surface area contributed by atoms with Crippen LogP contribution < -0.4 is 5.32 Å². The lowest BCUT2D eigenvalue weighted by atomic mass is 10.2. The van der Waals surface area contributed by atoms with Gasteiger partial charge >= 0.3 is 5.69 Å². The minimum atomic E-state index is -0.757. The minimum absolute atomic E-state index is 0.0472. The first-order chi connectivity index (χ1) is 11.8. The van der Waals surface area contributed by atoms with Crippen molar-refractivity contribution in [1.82, 2.24) is 0 Å². The number of hydrogen-bond donors (Lipinski definition) is 2. The normalized spacial score (nSPS) is 10.8. The molecule has 25 heavy (non-hydrogen) atoms. The number of halogens is 2. The molecule has 7 nitrogen and oxygen atoms in total. The number of carbonyl (C=O) groups excluding carboxylic acids is 1. The molecule has 0 aliphatic carbocycles. The number of anilines is 1. The van der Waals surface area contributed by atoms with Crippen molar-refractivity contribution >= 4 is 46.7 Å². The molecule has 0 heterocycles. The van der Waals surface area contributed by atoms with Crippen molar-refractivity contribution < 1.29 is 14.8 Å². The highest BCUT2D eigenvalue weighted by molar-refractivity contribution is 6.32. The molecule has 0 aliphatic heterocycles. The van der Waals surface area contributed by atoms with Crippen molar-refractivity contribution in [3.63, 3.8) is 0 Å². The third kappa shape index (κ3) is 4.68. The molecule has 0 saturated heterocycles. The van der Waals surface area contributed by atoms with Gasteiger partial charge in [0.2, 0.25) is 11.7 Å². The molecule has 0 aliphatic rings. The van der Waals surface area contributed by atoms with Crippen LogP contribution in [-0.4, -0.2) is 28.7 Å². The molecule has 0 unspecified atom stereocenters. The number of amides is 1. The third-order valence-corrected chi connectivity index (χ3v) is 3.92. The average Bonchev–Trinajstić information content (AvgIpc) is 2.54. The first-order valence-corrected chi connectivity index (χ1v) is 7.77. The van der Waals surface area contributed by atoms with Crippen LogP contribution in [-0.2, 0) is 4.79 Å². The van der Waals surface area contributed by atoms with Crippen LogP contribution in [0.2, 0.25) is 10.0 Å². The van der Waals surface area contributed by atoms with Crippen molar-refractivity contribution in [2.45, 2.75) is 6.92 Å². The van der Waals surface area contributed by atoms with Crippen LogP contribution in [0.5, 0.6) is 5.75 Å². The molecule has 2 aromatic carbocycles. The number of rotatable bonds is 5. The molecule has 9 heteroatoms. The fourth-order valence-corrected chi connectivity index (χ4v) is 2.40. The van der Waals surface area contributed by atoms with E-state index in [1.165, 1.54) is 6.07 Å². The van der Waals surface area contributed by atoms with E-state index in [0.29, 0.717) is 10.7 Å². The summed E-state index contributed by atoms with van der Waals surface area (Å²) < 4.78 is 0. The summed E-state index contributed by atoms with van der Waals surface area (Å²) in [4.78, 5) is 25.9. The van der Waals surface area contributed by atoms with Crippen molar-refractivity contribution in [1.29, 1.82) is 0 Å². The highest BCUT2D eigenvalue weighted by Gasteiger charge is 2.17. The van der Waals surface area contributed by atoms with E-state index in [-0.39, 0.29) is 17.1 Å². The van der Waals surface area contributed by atoms with Gasteiger partial charge in [-0.1, -0.05) is 29.3 Å². The molecule has 130 valence electrons. The van der Waals surface area contributed by atoms with E-state index in [2.05, 4.69) is 10.3 Å². The molecule has 2 rings (SSSR count). The molecule has 2 N–H and O–H groups in total. The largest absolute Gasteiger partial charge is 0.502 e. The molecule has 1 amide bonds. The van der Waals surface area contributed by atoms with E-state index in [0.717, 1.165) is 17.8 Å². The number of nitro benzene ring substituents is 1. The number of nitrogens with zero attached hydrogens (tertiary/aromatic N) is 2. The lowest BCUT2D eigenvalue weighted by Gasteiger charge is -2.08. The summed E-state index contributed by atoms with van der Waals surface area (Å²) in [6.45, 7) is 1.52. The third-order valence-electron chi connectivity index (χ3n) is 3.29. The van der Waals surface area contributed by atoms with E-state index in [4.69, 9.17) is 23.2 Å². The summed E-state index contributed by atoms with van der Waals surface area (Å²) >= 11 is 11.8. The molecule has 0 fully saturated rings. The zero-order valence-electron chi connectivity index (χ0n) is 13.0. The van der Waals surface area contributed by atoms with Crippen LogP contribution in [0.25, 0.3) is 0 Å². The van der Waals surface area contributed by atoms with E-state index < -0.39 is 22.3 Å². The Hall–Kier alpha value is -2.64. The van der Waals surface area contributed by atoms with Crippen molar-refractivity contribution in [3.8, 4) is 5.75 Å². The lowest BCUT2D eigenvalue weighted by molar-refractivity contribution is -0.385.